The number of nitrogens with zero attached hydrogens (tertiary/aromatic N) is 1. The lowest BCUT2D eigenvalue weighted by molar-refractivity contribution is -0.127. The van der Waals surface area contributed by atoms with Crippen LogP contribution < -0.4 is 10.2 Å². The summed E-state index contributed by atoms with van der Waals surface area (Å²) in [5.41, 5.74) is 2.81. The molecule has 1 saturated heterocycles. The summed E-state index contributed by atoms with van der Waals surface area (Å²) < 4.78 is 5.53. The Morgan fingerprint density at radius 3 is 2.78 bits per heavy atom. The van der Waals surface area contributed by atoms with Crippen molar-refractivity contribution in [2.24, 2.45) is 0 Å². The number of halogens is 2. The normalized spacial score (nSPS) is 18.4. The molecule has 2 aliphatic rings. The zero-order chi connectivity index (χ0) is 19.0. The van der Waals surface area contributed by atoms with Crippen molar-refractivity contribution >= 4 is 46.4 Å². The molecule has 2 aliphatic heterocycles. The number of anilines is 2. The van der Waals surface area contributed by atoms with Crippen molar-refractivity contribution in [3.8, 4) is 0 Å². The molecule has 0 bridgehead atoms. The van der Waals surface area contributed by atoms with Gasteiger partial charge in [0.1, 0.15) is 6.10 Å². The highest BCUT2D eigenvalue weighted by Crippen LogP contribution is 2.33. The Labute approximate surface area is 167 Å². The molecule has 4 rings (SSSR count). The minimum Gasteiger partial charge on any atom is -0.368 e. The summed E-state index contributed by atoms with van der Waals surface area (Å²) in [6.45, 7) is 1.26. The van der Waals surface area contributed by atoms with Gasteiger partial charge in [0.2, 0.25) is 0 Å². The van der Waals surface area contributed by atoms with E-state index in [0.717, 1.165) is 30.5 Å². The van der Waals surface area contributed by atoms with Gasteiger partial charge in [-0.25, -0.2) is 0 Å². The molecule has 0 aliphatic carbocycles. The minimum atomic E-state index is -0.362. The molecule has 1 N–H and O–H groups in total. The third-order valence-corrected chi connectivity index (χ3v) is 5.45. The number of benzene rings is 2. The quantitative estimate of drug-likeness (QED) is 0.828. The minimum absolute atomic E-state index is 0.00684. The molecule has 0 saturated carbocycles. The summed E-state index contributed by atoms with van der Waals surface area (Å²) in [5, 5.41) is 3.60. The fraction of sp³-hybridized carbons (Fsp3) is 0.300. The molecule has 140 valence electrons. The second-order valence-corrected chi connectivity index (χ2v) is 7.51. The average molecular weight is 405 g/mol. The number of nitrogens with one attached hydrogen (secondary N) is 1. The highest BCUT2D eigenvalue weighted by molar-refractivity contribution is 6.36. The predicted octanol–water partition coefficient (Wildman–Crippen LogP) is 4.31. The number of ether oxygens (including phenoxy) is 1. The zero-order valence-corrected chi connectivity index (χ0v) is 16.0. The Hall–Kier alpha value is -2.08. The van der Waals surface area contributed by atoms with Crippen LogP contribution in [0.2, 0.25) is 10.0 Å². The van der Waals surface area contributed by atoms with Crippen LogP contribution in [0.4, 0.5) is 11.4 Å². The molecular formula is C20H18Cl2N2O3. The van der Waals surface area contributed by atoms with Crippen LogP contribution in [0.3, 0.4) is 0 Å². The maximum Gasteiger partial charge on any atom is 0.257 e. The molecule has 1 unspecified atom stereocenters. The topological polar surface area (TPSA) is 58.6 Å². The van der Waals surface area contributed by atoms with Gasteiger partial charge in [-0.15, -0.1) is 0 Å². The Bertz CT molecular complexity index is 910. The molecule has 2 amide bonds. The zero-order valence-electron chi connectivity index (χ0n) is 14.5. The molecule has 2 heterocycles. The molecule has 2 aromatic rings. The number of fused-ring (bicyclic) bond motifs is 1. The van der Waals surface area contributed by atoms with E-state index in [2.05, 4.69) is 5.32 Å². The molecule has 2 aromatic carbocycles. The largest absolute Gasteiger partial charge is 0.368 e. The third-order valence-electron chi connectivity index (χ3n) is 4.88. The first kappa shape index (κ1) is 18.3. The van der Waals surface area contributed by atoms with Crippen LogP contribution in [0.1, 0.15) is 28.8 Å². The van der Waals surface area contributed by atoms with Crippen molar-refractivity contribution in [1.29, 1.82) is 0 Å². The van der Waals surface area contributed by atoms with E-state index >= 15 is 0 Å². The van der Waals surface area contributed by atoms with E-state index in [1.54, 1.807) is 17.0 Å². The molecular weight excluding hydrogens is 387 g/mol. The number of carbonyl (C=O) groups excluding carboxylic acids is 2. The van der Waals surface area contributed by atoms with Crippen molar-refractivity contribution in [3.05, 3.63) is 57.6 Å². The van der Waals surface area contributed by atoms with Gasteiger partial charge >= 0.3 is 0 Å². The molecule has 0 spiro atoms. The fourth-order valence-electron chi connectivity index (χ4n) is 3.50. The first-order valence-electron chi connectivity index (χ1n) is 8.85. The summed E-state index contributed by atoms with van der Waals surface area (Å²) >= 11 is 12.1. The van der Waals surface area contributed by atoms with Gasteiger partial charge in [-0.05, 0) is 55.2 Å². The Balaban J connectivity index is 1.55. The monoisotopic (exact) mass is 404 g/mol. The molecule has 1 atom stereocenters. The lowest BCUT2D eigenvalue weighted by atomic mass is 10.1. The smallest absolute Gasteiger partial charge is 0.257 e. The van der Waals surface area contributed by atoms with E-state index in [1.807, 2.05) is 18.2 Å². The molecule has 7 heteroatoms. The Morgan fingerprint density at radius 1 is 1.15 bits per heavy atom. The number of hydrogen-bond donors (Lipinski definition) is 1. The number of hydrogen-bond acceptors (Lipinski definition) is 3. The van der Waals surface area contributed by atoms with Gasteiger partial charge < -0.3 is 15.0 Å². The van der Waals surface area contributed by atoms with Crippen molar-refractivity contribution < 1.29 is 14.3 Å². The van der Waals surface area contributed by atoms with Crippen LogP contribution >= 0.6 is 23.2 Å². The van der Waals surface area contributed by atoms with Crippen LogP contribution in [0.15, 0.2) is 36.4 Å². The first-order chi connectivity index (χ1) is 13.0. The van der Waals surface area contributed by atoms with E-state index in [9.17, 15) is 9.59 Å². The number of carbonyl (C=O) groups is 2. The first-order valence-corrected chi connectivity index (χ1v) is 9.61. The van der Waals surface area contributed by atoms with Crippen LogP contribution in [0.25, 0.3) is 0 Å². The summed E-state index contributed by atoms with van der Waals surface area (Å²) in [6.07, 6.45) is 2.10. The summed E-state index contributed by atoms with van der Waals surface area (Å²) in [6, 6.07) is 10.3. The molecule has 5 nitrogen and oxygen atoms in total. The number of rotatable bonds is 3. The van der Waals surface area contributed by atoms with Crippen LogP contribution in [-0.4, -0.2) is 31.1 Å². The van der Waals surface area contributed by atoms with Crippen molar-refractivity contribution in [1.82, 2.24) is 0 Å². The van der Waals surface area contributed by atoms with E-state index < -0.39 is 0 Å². The van der Waals surface area contributed by atoms with Crippen LogP contribution in [0.5, 0.6) is 0 Å². The van der Waals surface area contributed by atoms with Crippen LogP contribution in [0, 0.1) is 0 Å². The van der Waals surface area contributed by atoms with Gasteiger partial charge in [0, 0.05) is 29.5 Å². The lowest BCUT2D eigenvalue weighted by Crippen LogP contribution is -2.37. The van der Waals surface area contributed by atoms with Gasteiger partial charge in [0.05, 0.1) is 10.6 Å². The molecule has 0 radical (unpaired) electrons. The highest BCUT2D eigenvalue weighted by Gasteiger charge is 2.32. The standard InChI is InChI=1S/C20H18Cl2N2O3/c21-13-4-6-16(22)15(10-13)19(25)23-14-5-3-12-7-8-24(17(12)11-14)20(26)18-2-1-9-27-18/h3-6,10-11,18H,1-2,7-9H2,(H,23,25). The lowest BCUT2D eigenvalue weighted by Gasteiger charge is -2.21. The average Bonchev–Trinajstić information content (AvgIpc) is 3.32. The summed E-state index contributed by atoms with van der Waals surface area (Å²) in [4.78, 5) is 27.0. The molecule has 1 fully saturated rings. The van der Waals surface area contributed by atoms with Crippen LogP contribution in [-0.2, 0) is 16.0 Å². The van der Waals surface area contributed by atoms with Gasteiger partial charge in [0.15, 0.2) is 0 Å². The van der Waals surface area contributed by atoms with E-state index in [0.29, 0.717) is 34.4 Å². The SMILES string of the molecule is O=C(Nc1ccc2c(c1)N(C(=O)C1CCCO1)CC2)c1cc(Cl)ccc1Cl. The molecule has 0 aromatic heterocycles. The second kappa shape index (κ2) is 7.50. The predicted molar refractivity (Wildman–Crippen MR) is 106 cm³/mol. The highest BCUT2D eigenvalue weighted by atomic mass is 35.5. The van der Waals surface area contributed by atoms with Crippen molar-refractivity contribution in [2.45, 2.75) is 25.4 Å². The third kappa shape index (κ3) is 3.68. The number of amides is 2. The maximum atomic E-state index is 12.7. The summed E-state index contributed by atoms with van der Waals surface area (Å²) in [5.74, 6) is -0.356. The van der Waals surface area contributed by atoms with E-state index in [1.165, 1.54) is 6.07 Å². The summed E-state index contributed by atoms with van der Waals surface area (Å²) in [7, 11) is 0. The molecule has 27 heavy (non-hydrogen) atoms. The van der Waals surface area contributed by atoms with Gasteiger partial charge in [-0.2, -0.15) is 0 Å². The Kier molecular flexibility index (Phi) is 5.08. The van der Waals surface area contributed by atoms with E-state index in [-0.39, 0.29) is 17.9 Å². The van der Waals surface area contributed by atoms with Gasteiger partial charge in [-0.3, -0.25) is 9.59 Å². The maximum absolute atomic E-state index is 12.7. The Morgan fingerprint density at radius 2 is 2.00 bits per heavy atom. The fourth-order valence-corrected chi connectivity index (χ4v) is 3.88. The van der Waals surface area contributed by atoms with Gasteiger partial charge in [-0.1, -0.05) is 29.3 Å². The second-order valence-electron chi connectivity index (χ2n) is 6.66. The van der Waals surface area contributed by atoms with E-state index in [4.69, 9.17) is 27.9 Å². The van der Waals surface area contributed by atoms with Crippen molar-refractivity contribution in [3.63, 3.8) is 0 Å². The van der Waals surface area contributed by atoms with Crippen molar-refractivity contribution in [2.75, 3.05) is 23.4 Å². The van der Waals surface area contributed by atoms with Gasteiger partial charge in [0.25, 0.3) is 11.8 Å².